The van der Waals surface area contributed by atoms with Crippen molar-refractivity contribution >= 4 is 17.6 Å². The van der Waals surface area contributed by atoms with Crippen molar-refractivity contribution in [2.75, 3.05) is 26.2 Å². The second-order valence-electron chi connectivity index (χ2n) is 6.23. The minimum atomic E-state index is -4.52. The molecule has 2 aromatic rings. The van der Waals surface area contributed by atoms with Crippen LogP contribution < -0.4 is 15.4 Å². The molecule has 1 atom stereocenters. The summed E-state index contributed by atoms with van der Waals surface area (Å²) in [6.07, 6.45) is -2.39. The van der Waals surface area contributed by atoms with E-state index in [1.165, 1.54) is 6.26 Å². The number of aromatic nitrogens is 1. The number of hydrogen-bond acceptors (Lipinski definition) is 5. The van der Waals surface area contributed by atoms with Gasteiger partial charge in [-0.25, -0.2) is 9.98 Å². The molecule has 0 aliphatic heterocycles. The fraction of sp³-hybridized carbons (Fsp3) is 0.444. The Morgan fingerprint density at radius 3 is 2.72 bits per heavy atom. The molecule has 0 aromatic carbocycles. The summed E-state index contributed by atoms with van der Waals surface area (Å²) in [4.78, 5) is 7.91. The van der Waals surface area contributed by atoms with Crippen molar-refractivity contribution in [3.05, 3.63) is 47.0 Å². The van der Waals surface area contributed by atoms with Crippen LogP contribution in [0.15, 0.2) is 40.1 Å². The smallest absolute Gasteiger partial charge is 0.417 e. The molecule has 3 N–H and O–H groups in total. The van der Waals surface area contributed by atoms with Crippen LogP contribution in [0.5, 0.6) is 5.88 Å². The largest absolute Gasteiger partial charge is 0.475 e. The van der Waals surface area contributed by atoms with Crippen molar-refractivity contribution in [3.63, 3.8) is 0 Å². The normalized spacial score (nSPS) is 14.4. The molecule has 0 saturated heterocycles. The number of furan rings is 1. The first-order valence-corrected chi connectivity index (χ1v) is 9.15. The van der Waals surface area contributed by atoms with Crippen LogP contribution in [0.1, 0.15) is 25.2 Å². The van der Waals surface area contributed by atoms with E-state index in [4.69, 9.17) is 20.8 Å². The van der Waals surface area contributed by atoms with Gasteiger partial charge in [-0.15, -0.1) is 0 Å². The predicted molar refractivity (Wildman–Crippen MR) is 102 cm³/mol. The Morgan fingerprint density at radius 1 is 1.38 bits per heavy atom. The van der Waals surface area contributed by atoms with E-state index in [9.17, 15) is 18.3 Å². The Labute approximate surface area is 170 Å². The zero-order valence-electron chi connectivity index (χ0n) is 15.9. The first kappa shape index (κ1) is 22.8. The fourth-order valence-corrected chi connectivity index (χ4v) is 2.46. The van der Waals surface area contributed by atoms with E-state index in [0.29, 0.717) is 24.5 Å². The van der Waals surface area contributed by atoms with Crippen LogP contribution in [0.2, 0.25) is 5.02 Å². The molecule has 7 nitrogen and oxygen atoms in total. The van der Waals surface area contributed by atoms with Gasteiger partial charge >= 0.3 is 6.18 Å². The standard InChI is InChI=1S/C18H22ClF3N4O3/c1-3-23-16(26-11-17(2,27)14-5-4-7-28-14)24-6-8-29-15-13(19)9-12(10-25-15)18(20,21)22/h4-5,7,9-10,27H,3,6,8,11H2,1-2H3,(H2,23,24,26). The molecule has 0 aliphatic carbocycles. The molecule has 160 valence electrons. The molecule has 29 heavy (non-hydrogen) atoms. The number of nitrogens with zero attached hydrogens (tertiary/aromatic N) is 2. The topological polar surface area (TPSA) is 91.9 Å². The molecule has 2 aromatic heterocycles. The van der Waals surface area contributed by atoms with E-state index >= 15 is 0 Å². The molecule has 2 heterocycles. The van der Waals surface area contributed by atoms with E-state index in [1.807, 2.05) is 6.92 Å². The lowest BCUT2D eigenvalue weighted by molar-refractivity contribution is -0.137. The number of halogens is 4. The third-order valence-corrected chi connectivity index (χ3v) is 3.98. The molecule has 2 rings (SSSR count). The number of rotatable bonds is 8. The van der Waals surface area contributed by atoms with Gasteiger partial charge < -0.3 is 24.9 Å². The average Bonchev–Trinajstić information content (AvgIpc) is 3.19. The molecule has 0 spiro atoms. The minimum Gasteiger partial charge on any atom is -0.475 e. The van der Waals surface area contributed by atoms with Crippen molar-refractivity contribution < 1.29 is 27.4 Å². The molecule has 1 unspecified atom stereocenters. The monoisotopic (exact) mass is 434 g/mol. The maximum atomic E-state index is 12.6. The van der Waals surface area contributed by atoms with Gasteiger partial charge in [0.25, 0.3) is 0 Å². The maximum absolute atomic E-state index is 12.6. The van der Waals surface area contributed by atoms with Crippen LogP contribution in [0.4, 0.5) is 13.2 Å². The highest BCUT2D eigenvalue weighted by molar-refractivity contribution is 6.31. The number of aliphatic imine (C=N–C) groups is 1. The lowest BCUT2D eigenvalue weighted by Crippen LogP contribution is -2.40. The zero-order valence-corrected chi connectivity index (χ0v) is 16.6. The van der Waals surface area contributed by atoms with Gasteiger partial charge in [0, 0.05) is 12.7 Å². The van der Waals surface area contributed by atoms with E-state index in [-0.39, 0.29) is 30.6 Å². The van der Waals surface area contributed by atoms with E-state index in [1.54, 1.807) is 19.1 Å². The van der Waals surface area contributed by atoms with Crippen LogP contribution in [0, 0.1) is 0 Å². The predicted octanol–water partition coefficient (Wildman–Crippen LogP) is 3.19. The first-order chi connectivity index (χ1) is 13.6. The van der Waals surface area contributed by atoms with E-state index < -0.39 is 17.3 Å². The van der Waals surface area contributed by atoms with Gasteiger partial charge in [0.2, 0.25) is 5.88 Å². The highest BCUT2D eigenvalue weighted by Gasteiger charge is 2.31. The molecular weight excluding hydrogens is 413 g/mol. The van der Waals surface area contributed by atoms with Crippen molar-refractivity contribution in [3.8, 4) is 5.88 Å². The van der Waals surface area contributed by atoms with Crippen LogP contribution in [-0.4, -0.2) is 42.3 Å². The van der Waals surface area contributed by atoms with Crippen molar-refractivity contribution in [2.24, 2.45) is 4.99 Å². The first-order valence-electron chi connectivity index (χ1n) is 8.77. The Hall–Kier alpha value is -2.46. The van der Waals surface area contributed by atoms with Gasteiger partial charge in [0.15, 0.2) is 5.96 Å². The Balaban J connectivity index is 1.88. The van der Waals surface area contributed by atoms with Gasteiger partial charge in [-0.3, -0.25) is 0 Å². The molecule has 0 fully saturated rings. The van der Waals surface area contributed by atoms with Crippen LogP contribution in [0.25, 0.3) is 0 Å². The quantitative estimate of drug-likeness (QED) is 0.336. The number of guanidine groups is 1. The third kappa shape index (κ3) is 6.82. The number of hydrogen-bond donors (Lipinski definition) is 3. The van der Waals surface area contributed by atoms with Crippen molar-refractivity contribution in [1.29, 1.82) is 0 Å². The maximum Gasteiger partial charge on any atom is 0.417 e. The summed E-state index contributed by atoms with van der Waals surface area (Å²) >= 11 is 5.79. The SMILES string of the molecule is CCNC(=NCC(C)(O)c1ccco1)NCCOc1ncc(C(F)(F)F)cc1Cl. The lowest BCUT2D eigenvalue weighted by Gasteiger charge is -2.19. The van der Waals surface area contributed by atoms with Gasteiger partial charge in [0.05, 0.1) is 24.9 Å². The summed E-state index contributed by atoms with van der Waals surface area (Å²) in [7, 11) is 0. The zero-order chi connectivity index (χ0) is 21.5. The summed E-state index contributed by atoms with van der Waals surface area (Å²) in [6.45, 7) is 4.44. The second-order valence-corrected chi connectivity index (χ2v) is 6.64. The van der Waals surface area contributed by atoms with Gasteiger partial charge in [-0.1, -0.05) is 11.6 Å². The molecular formula is C18H22ClF3N4O3. The highest BCUT2D eigenvalue weighted by atomic mass is 35.5. The number of alkyl halides is 3. The molecule has 0 amide bonds. The molecule has 0 saturated carbocycles. The van der Waals surface area contributed by atoms with Crippen molar-refractivity contribution in [1.82, 2.24) is 15.6 Å². The Bertz CT molecular complexity index is 811. The van der Waals surface area contributed by atoms with E-state index in [2.05, 4.69) is 20.6 Å². The summed E-state index contributed by atoms with van der Waals surface area (Å²) < 4.78 is 48.4. The van der Waals surface area contributed by atoms with Crippen LogP contribution in [0.3, 0.4) is 0 Å². The van der Waals surface area contributed by atoms with Crippen LogP contribution >= 0.6 is 11.6 Å². The number of ether oxygens (including phenoxy) is 1. The molecule has 0 radical (unpaired) electrons. The van der Waals surface area contributed by atoms with Gasteiger partial charge in [0.1, 0.15) is 23.0 Å². The average molecular weight is 435 g/mol. The number of pyridine rings is 1. The van der Waals surface area contributed by atoms with E-state index in [0.717, 1.165) is 6.07 Å². The lowest BCUT2D eigenvalue weighted by atomic mass is 10.0. The molecule has 0 aliphatic rings. The van der Waals surface area contributed by atoms with Crippen LogP contribution in [-0.2, 0) is 11.8 Å². The van der Waals surface area contributed by atoms with Gasteiger partial charge in [-0.05, 0) is 32.0 Å². The molecule has 11 heteroatoms. The highest BCUT2D eigenvalue weighted by Crippen LogP contribution is 2.33. The number of aliphatic hydroxyl groups is 1. The van der Waals surface area contributed by atoms with Gasteiger partial charge in [-0.2, -0.15) is 13.2 Å². The third-order valence-electron chi connectivity index (χ3n) is 3.71. The number of nitrogens with one attached hydrogen (secondary N) is 2. The fourth-order valence-electron chi connectivity index (χ4n) is 2.24. The van der Waals surface area contributed by atoms with Crippen molar-refractivity contribution in [2.45, 2.75) is 25.6 Å². The molecule has 0 bridgehead atoms. The Morgan fingerprint density at radius 2 is 2.14 bits per heavy atom. The summed E-state index contributed by atoms with van der Waals surface area (Å²) in [5.41, 5.74) is -2.22. The summed E-state index contributed by atoms with van der Waals surface area (Å²) in [6, 6.07) is 4.10. The summed E-state index contributed by atoms with van der Waals surface area (Å²) in [5, 5.41) is 16.2. The second kappa shape index (κ2) is 9.84. The summed E-state index contributed by atoms with van der Waals surface area (Å²) in [5.74, 6) is 0.724. The Kier molecular flexibility index (Phi) is 7.74. The minimum absolute atomic E-state index is 0.0446.